The lowest BCUT2D eigenvalue weighted by Crippen LogP contribution is -2.07. The first-order valence-corrected chi connectivity index (χ1v) is 7.09. The van der Waals surface area contributed by atoms with Crippen molar-refractivity contribution >= 4 is 29.0 Å². The normalized spacial score (nSPS) is 18.1. The van der Waals surface area contributed by atoms with Gasteiger partial charge in [0.25, 0.3) is 0 Å². The number of rotatable bonds is 1. The van der Waals surface area contributed by atoms with Gasteiger partial charge in [0.05, 0.1) is 5.69 Å². The van der Waals surface area contributed by atoms with E-state index in [4.69, 9.17) is 11.6 Å². The SMILES string of the molecule is Clc1cccc2nc(C3CCSCC3)cn12. The summed E-state index contributed by atoms with van der Waals surface area (Å²) in [5.41, 5.74) is 2.16. The number of imidazole rings is 1. The van der Waals surface area contributed by atoms with Crippen molar-refractivity contribution < 1.29 is 0 Å². The van der Waals surface area contributed by atoms with E-state index in [1.54, 1.807) is 0 Å². The first kappa shape index (κ1) is 10.5. The molecule has 0 unspecified atom stereocenters. The van der Waals surface area contributed by atoms with Crippen molar-refractivity contribution in [3.63, 3.8) is 0 Å². The molecule has 0 atom stereocenters. The Morgan fingerprint density at radius 2 is 2.12 bits per heavy atom. The van der Waals surface area contributed by atoms with Crippen LogP contribution in [0.4, 0.5) is 0 Å². The molecule has 0 spiro atoms. The van der Waals surface area contributed by atoms with E-state index in [1.807, 2.05) is 34.4 Å². The van der Waals surface area contributed by atoms with Crippen LogP contribution in [-0.4, -0.2) is 20.9 Å². The van der Waals surface area contributed by atoms with Gasteiger partial charge in [0, 0.05) is 12.1 Å². The first-order chi connectivity index (χ1) is 7.84. The van der Waals surface area contributed by atoms with E-state index in [2.05, 4.69) is 11.2 Å². The second-order valence-corrected chi connectivity index (χ2v) is 5.74. The highest BCUT2D eigenvalue weighted by molar-refractivity contribution is 7.99. The molecule has 0 radical (unpaired) electrons. The summed E-state index contributed by atoms with van der Waals surface area (Å²) in [6.07, 6.45) is 4.58. The third-order valence-corrected chi connectivity index (χ3v) is 4.46. The molecule has 1 saturated heterocycles. The summed E-state index contributed by atoms with van der Waals surface area (Å²) in [5.74, 6) is 3.13. The summed E-state index contributed by atoms with van der Waals surface area (Å²) >= 11 is 8.17. The Morgan fingerprint density at radius 3 is 2.88 bits per heavy atom. The third kappa shape index (κ3) is 1.82. The van der Waals surface area contributed by atoms with Gasteiger partial charge >= 0.3 is 0 Å². The fourth-order valence-corrected chi connectivity index (χ4v) is 3.50. The monoisotopic (exact) mass is 252 g/mol. The maximum Gasteiger partial charge on any atom is 0.138 e. The molecule has 1 fully saturated rings. The number of thioether (sulfide) groups is 1. The maximum atomic E-state index is 6.13. The lowest BCUT2D eigenvalue weighted by Gasteiger charge is -2.18. The highest BCUT2D eigenvalue weighted by Gasteiger charge is 2.18. The average molecular weight is 253 g/mol. The summed E-state index contributed by atoms with van der Waals surface area (Å²) in [5, 5.41) is 0.737. The predicted molar refractivity (Wildman–Crippen MR) is 69.5 cm³/mol. The number of halogens is 1. The maximum absolute atomic E-state index is 6.13. The van der Waals surface area contributed by atoms with Gasteiger partial charge in [-0.1, -0.05) is 17.7 Å². The Hall–Kier alpha value is -0.670. The standard InChI is InChI=1S/C12H13ClN2S/c13-11-2-1-3-12-14-10(8-15(11)12)9-4-6-16-7-5-9/h1-3,8-9H,4-7H2. The van der Waals surface area contributed by atoms with Crippen LogP contribution < -0.4 is 0 Å². The van der Waals surface area contributed by atoms with E-state index < -0.39 is 0 Å². The Balaban J connectivity index is 2.01. The minimum absolute atomic E-state index is 0.622. The van der Waals surface area contributed by atoms with Gasteiger partial charge in [0.2, 0.25) is 0 Å². The molecule has 0 N–H and O–H groups in total. The van der Waals surface area contributed by atoms with Crippen molar-refractivity contribution in [1.82, 2.24) is 9.38 Å². The van der Waals surface area contributed by atoms with Gasteiger partial charge in [-0.05, 0) is 36.5 Å². The molecule has 1 aliphatic heterocycles. The number of aromatic nitrogens is 2. The highest BCUT2D eigenvalue weighted by Crippen LogP contribution is 2.31. The Kier molecular flexibility index (Phi) is 2.82. The van der Waals surface area contributed by atoms with Crippen LogP contribution in [0.2, 0.25) is 5.15 Å². The van der Waals surface area contributed by atoms with Gasteiger partial charge in [-0.3, -0.25) is 4.40 Å². The Morgan fingerprint density at radius 1 is 1.31 bits per heavy atom. The largest absolute Gasteiger partial charge is 0.290 e. The highest BCUT2D eigenvalue weighted by atomic mass is 35.5. The molecular weight excluding hydrogens is 240 g/mol. The fraction of sp³-hybridized carbons (Fsp3) is 0.417. The molecule has 1 aliphatic rings. The van der Waals surface area contributed by atoms with Gasteiger partial charge < -0.3 is 0 Å². The summed E-state index contributed by atoms with van der Waals surface area (Å²) in [7, 11) is 0. The zero-order valence-corrected chi connectivity index (χ0v) is 10.5. The first-order valence-electron chi connectivity index (χ1n) is 5.56. The molecule has 4 heteroatoms. The van der Waals surface area contributed by atoms with E-state index in [9.17, 15) is 0 Å². The predicted octanol–water partition coefficient (Wildman–Crippen LogP) is 3.60. The van der Waals surface area contributed by atoms with Gasteiger partial charge in [-0.2, -0.15) is 11.8 Å². The number of fused-ring (bicyclic) bond motifs is 1. The van der Waals surface area contributed by atoms with E-state index in [0.29, 0.717) is 5.92 Å². The molecule has 0 aliphatic carbocycles. The summed E-state index contributed by atoms with van der Waals surface area (Å²) in [4.78, 5) is 4.67. The van der Waals surface area contributed by atoms with Crippen molar-refractivity contribution in [1.29, 1.82) is 0 Å². The quantitative estimate of drug-likeness (QED) is 0.722. The number of hydrogen-bond acceptors (Lipinski definition) is 2. The summed E-state index contributed by atoms with van der Waals surface area (Å²) in [6, 6.07) is 5.86. The molecule has 84 valence electrons. The van der Waals surface area contributed by atoms with Gasteiger partial charge in [-0.15, -0.1) is 0 Å². The van der Waals surface area contributed by atoms with Crippen LogP contribution in [0.15, 0.2) is 24.4 Å². The topological polar surface area (TPSA) is 17.3 Å². The molecule has 3 rings (SSSR count). The average Bonchev–Trinajstić information content (AvgIpc) is 2.76. The fourth-order valence-electron chi connectivity index (χ4n) is 2.19. The van der Waals surface area contributed by atoms with Crippen LogP contribution in [0, 0.1) is 0 Å². The van der Waals surface area contributed by atoms with Crippen molar-refractivity contribution in [3.8, 4) is 0 Å². The molecule has 2 aromatic rings. The second-order valence-electron chi connectivity index (χ2n) is 4.13. The molecule has 0 saturated carbocycles. The number of nitrogens with zero attached hydrogens (tertiary/aromatic N) is 2. The minimum Gasteiger partial charge on any atom is -0.290 e. The number of pyridine rings is 1. The van der Waals surface area contributed by atoms with Gasteiger partial charge in [0.15, 0.2) is 0 Å². The molecule has 16 heavy (non-hydrogen) atoms. The zero-order valence-electron chi connectivity index (χ0n) is 8.90. The van der Waals surface area contributed by atoms with Crippen molar-refractivity contribution in [2.45, 2.75) is 18.8 Å². The molecule has 0 amide bonds. The lowest BCUT2D eigenvalue weighted by atomic mass is 10.00. The van der Waals surface area contributed by atoms with Crippen LogP contribution in [0.25, 0.3) is 5.65 Å². The van der Waals surface area contributed by atoms with Gasteiger partial charge in [0.1, 0.15) is 10.8 Å². The number of hydrogen-bond donors (Lipinski definition) is 0. The summed E-state index contributed by atoms with van der Waals surface area (Å²) in [6.45, 7) is 0. The Labute approximate surface area is 104 Å². The van der Waals surface area contributed by atoms with Crippen LogP contribution in [0.5, 0.6) is 0 Å². The minimum atomic E-state index is 0.622. The van der Waals surface area contributed by atoms with Crippen molar-refractivity contribution in [3.05, 3.63) is 35.2 Å². The van der Waals surface area contributed by atoms with E-state index in [1.165, 1.54) is 30.0 Å². The molecule has 0 bridgehead atoms. The van der Waals surface area contributed by atoms with E-state index >= 15 is 0 Å². The molecule has 3 heterocycles. The van der Waals surface area contributed by atoms with Crippen molar-refractivity contribution in [2.75, 3.05) is 11.5 Å². The van der Waals surface area contributed by atoms with E-state index in [-0.39, 0.29) is 0 Å². The molecular formula is C12H13ClN2S. The summed E-state index contributed by atoms with van der Waals surface area (Å²) < 4.78 is 1.97. The zero-order chi connectivity index (χ0) is 11.0. The van der Waals surface area contributed by atoms with Gasteiger partial charge in [-0.25, -0.2) is 4.98 Å². The second kappa shape index (κ2) is 4.30. The van der Waals surface area contributed by atoms with Crippen LogP contribution in [-0.2, 0) is 0 Å². The molecule has 0 aromatic carbocycles. The molecule has 2 nitrogen and oxygen atoms in total. The van der Waals surface area contributed by atoms with Crippen LogP contribution in [0.1, 0.15) is 24.5 Å². The third-order valence-electron chi connectivity index (χ3n) is 3.10. The lowest BCUT2D eigenvalue weighted by molar-refractivity contribution is 0.623. The Bertz CT molecular complexity index is 503. The molecule has 2 aromatic heterocycles. The smallest absolute Gasteiger partial charge is 0.138 e. The van der Waals surface area contributed by atoms with Crippen molar-refractivity contribution in [2.24, 2.45) is 0 Å². The van der Waals surface area contributed by atoms with Crippen LogP contribution >= 0.6 is 23.4 Å². The van der Waals surface area contributed by atoms with Crippen LogP contribution in [0.3, 0.4) is 0 Å². The van der Waals surface area contributed by atoms with E-state index in [0.717, 1.165) is 10.8 Å².